The van der Waals surface area contributed by atoms with Crippen LogP contribution in [0.2, 0.25) is 0 Å². The summed E-state index contributed by atoms with van der Waals surface area (Å²) in [4.78, 5) is 12.5. The fourth-order valence-corrected chi connectivity index (χ4v) is 3.68. The number of halogens is 1. The summed E-state index contributed by atoms with van der Waals surface area (Å²) in [5, 5.41) is 6.49. The van der Waals surface area contributed by atoms with Crippen LogP contribution in [0.5, 0.6) is 5.75 Å². The highest BCUT2D eigenvalue weighted by molar-refractivity contribution is 5.91. The van der Waals surface area contributed by atoms with Crippen molar-refractivity contribution < 1.29 is 9.53 Å². The summed E-state index contributed by atoms with van der Waals surface area (Å²) in [7, 11) is 1.67. The molecule has 0 saturated carbocycles. The van der Waals surface area contributed by atoms with Gasteiger partial charge in [0.25, 0.3) is 0 Å². The largest absolute Gasteiger partial charge is 0.496 e. The van der Waals surface area contributed by atoms with Crippen molar-refractivity contribution in [3.05, 3.63) is 48.5 Å². The molecule has 0 aromatic heterocycles. The van der Waals surface area contributed by atoms with E-state index in [-0.39, 0.29) is 18.3 Å². The van der Waals surface area contributed by atoms with Crippen LogP contribution in [0.15, 0.2) is 48.5 Å². The van der Waals surface area contributed by atoms with E-state index in [1.807, 2.05) is 48.5 Å². The summed E-state index contributed by atoms with van der Waals surface area (Å²) in [5.41, 5.74) is 2.88. The van der Waals surface area contributed by atoms with Crippen LogP contribution in [0.25, 0.3) is 11.1 Å². The summed E-state index contributed by atoms with van der Waals surface area (Å²) < 4.78 is 5.45. The van der Waals surface area contributed by atoms with Gasteiger partial charge in [-0.05, 0) is 61.5 Å². The molecule has 0 bridgehead atoms. The molecule has 1 fully saturated rings. The first-order chi connectivity index (χ1) is 12.7. The fraction of sp³-hybridized carbons (Fsp3) is 0.409. The maximum Gasteiger partial charge on any atom is 0.224 e. The van der Waals surface area contributed by atoms with E-state index < -0.39 is 0 Å². The summed E-state index contributed by atoms with van der Waals surface area (Å²) in [5.74, 6) is 1.89. The van der Waals surface area contributed by atoms with Crippen molar-refractivity contribution in [3.8, 4) is 16.9 Å². The van der Waals surface area contributed by atoms with Gasteiger partial charge in [0.15, 0.2) is 0 Å². The van der Waals surface area contributed by atoms with Crippen molar-refractivity contribution in [1.82, 2.24) is 5.32 Å². The van der Waals surface area contributed by atoms with Crippen LogP contribution in [0.1, 0.15) is 26.2 Å². The van der Waals surface area contributed by atoms with Gasteiger partial charge in [0, 0.05) is 17.7 Å². The first-order valence-corrected chi connectivity index (χ1v) is 9.41. The molecule has 2 unspecified atom stereocenters. The quantitative estimate of drug-likeness (QED) is 0.750. The summed E-state index contributed by atoms with van der Waals surface area (Å²) >= 11 is 0. The monoisotopic (exact) mass is 388 g/mol. The van der Waals surface area contributed by atoms with Crippen LogP contribution in [-0.2, 0) is 4.79 Å². The Bertz CT molecular complexity index is 745. The molecule has 1 aliphatic rings. The SMILES string of the molecule is COc1ccccc1-c1cccc(NC(=O)CC(C)C2CCCNC2)c1.Cl. The molecule has 146 valence electrons. The number of amides is 1. The van der Waals surface area contributed by atoms with Crippen molar-refractivity contribution in [2.45, 2.75) is 26.2 Å². The van der Waals surface area contributed by atoms with Crippen LogP contribution in [-0.4, -0.2) is 26.1 Å². The zero-order valence-corrected chi connectivity index (χ0v) is 16.9. The molecule has 3 rings (SSSR count). The first-order valence-electron chi connectivity index (χ1n) is 9.41. The zero-order valence-electron chi connectivity index (χ0n) is 16.0. The highest BCUT2D eigenvalue weighted by Crippen LogP contribution is 2.31. The minimum atomic E-state index is 0. The van der Waals surface area contributed by atoms with E-state index in [1.165, 1.54) is 12.8 Å². The summed E-state index contributed by atoms with van der Waals surface area (Å²) in [6.45, 7) is 4.31. The molecule has 2 aromatic rings. The van der Waals surface area contributed by atoms with Gasteiger partial charge in [0.2, 0.25) is 5.91 Å². The Labute approximate surface area is 168 Å². The molecule has 1 heterocycles. The number of benzene rings is 2. The molecule has 1 amide bonds. The van der Waals surface area contributed by atoms with E-state index in [9.17, 15) is 4.79 Å². The maximum absolute atomic E-state index is 12.5. The van der Waals surface area contributed by atoms with Crippen LogP contribution >= 0.6 is 12.4 Å². The predicted molar refractivity (Wildman–Crippen MR) is 114 cm³/mol. The van der Waals surface area contributed by atoms with Gasteiger partial charge >= 0.3 is 0 Å². The van der Waals surface area contributed by atoms with Gasteiger partial charge in [0.1, 0.15) is 5.75 Å². The normalized spacial score (nSPS) is 17.5. The van der Waals surface area contributed by atoms with E-state index in [4.69, 9.17) is 4.74 Å². The lowest BCUT2D eigenvalue weighted by molar-refractivity contribution is -0.117. The molecule has 2 atom stereocenters. The third-order valence-corrected chi connectivity index (χ3v) is 5.21. The average Bonchev–Trinajstić information content (AvgIpc) is 2.68. The Morgan fingerprint density at radius 2 is 2.07 bits per heavy atom. The van der Waals surface area contributed by atoms with Gasteiger partial charge in [-0.15, -0.1) is 12.4 Å². The predicted octanol–water partition coefficient (Wildman–Crippen LogP) is 4.75. The molecular formula is C22H29ClN2O2. The maximum atomic E-state index is 12.5. The lowest BCUT2D eigenvalue weighted by Gasteiger charge is -2.28. The van der Waals surface area contributed by atoms with Gasteiger partial charge in [-0.1, -0.05) is 37.3 Å². The minimum absolute atomic E-state index is 0. The van der Waals surface area contributed by atoms with E-state index in [1.54, 1.807) is 7.11 Å². The van der Waals surface area contributed by atoms with Gasteiger partial charge < -0.3 is 15.4 Å². The molecule has 1 saturated heterocycles. The first kappa shape index (κ1) is 21.3. The number of methoxy groups -OCH3 is 1. The van der Waals surface area contributed by atoms with E-state index in [0.29, 0.717) is 18.3 Å². The second-order valence-electron chi connectivity index (χ2n) is 7.12. The van der Waals surface area contributed by atoms with E-state index in [0.717, 1.165) is 35.7 Å². The number of nitrogens with one attached hydrogen (secondary N) is 2. The molecule has 0 spiro atoms. The molecule has 2 N–H and O–H groups in total. The van der Waals surface area contributed by atoms with Crippen molar-refractivity contribution in [2.75, 3.05) is 25.5 Å². The number of carbonyl (C=O) groups is 1. The molecule has 0 aliphatic carbocycles. The molecule has 27 heavy (non-hydrogen) atoms. The summed E-state index contributed by atoms with van der Waals surface area (Å²) in [6.07, 6.45) is 2.98. The van der Waals surface area contributed by atoms with Crippen LogP contribution in [0, 0.1) is 11.8 Å². The van der Waals surface area contributed by atoms with Crippen LogP contribution in [0.3, 0.4) is 0 Å². The molecular weight excluding hydrogens is 360 g/mol. The molecule has 0 radical (unpaired) electrons. The van der Waals surface area contributed by atoms with Gasteiger partial charge in [-0.3, -0.25) is 4.79 Å². The smallest absolute Gasteiger partial charge is 0.224 e. The van der Waals surface area contributed by atoms with Crippen molar-refractivity contribution in [2.24, 2.45) is 11.8 Å². The highest BCUT2D eigenvalue weighted by atomic mass is 35.5. The van der Waals surface area contributed by atoms with Crippen molar-refractivity contribution >= 4 is 24.0 Å². The Balaban J connectivity index is 0.00000261. The average molecular weight is 389 g/mol. The van der Waals surface area contributed by atoms with Gasteiger partial charge in [0.05, 0.1) is 7.11 Å². The third-order valence-electron chi connectivity index (χ3n) is 5.21. The Morgan fingerprint density at radius 1 is 1.26 bits per heavy atom. The van der Waals surface area contributed by atoms with E-state index in [2.05, 4.69) is 17.6 Å². The molecule has 1 aliphatic heterocycles. The van der Waals surface area contributed by atoms with Gasteiger partial charge in [-0.2, -0.15) is 0 Å². The second kappa shape index (κ2) is 10.3. The van der Waals surface area contributed by atoms with E-state index >= 15 is 0 Å². The summed E-state index contributed by atoms with van der Waals surface area (Å²) in [6, 6.07) is 15.8. The highest BCUT2D eigenvalue weighted by Gasteiger charge is 2.22. The van der Waals surface area contributed by atoms with Crippen LogP contribution in [0.4, 0.5) is 5.69 Å². The second-order valence-corrected chi connectivity index (χ2v) is 7.12. The topological polar surface area (TPSA) is 50.4 Å². The standard InChI is InChI=1S/C22H28N2O2.ClH/c1-16(18-8-6-12-23-15-18)13-22(25)24-19-9-5-7-17(14-19)20-10-3-4-11-21(20)26-2;/h3-5,7,9-11,14,16,18,23H,6,8,12-13,15H2,1-2H3,(H,24,25);1H. The number of piperidine rings is 1. The Kier molecular flexibility index (Phi) is 8.14. The Morgan fingerprint density at radius 3 is 2.81 bits per heavy atom. The lowest BCUT2D eigenvalue weighted by atomic mass is 9.85. The number of hydrogen-bond donors (Lipinski definition) is 2. The van der Waals surface area contributed by atoms with Crippen LogP contribution < -0.4 is 15.4 Å². The van der Waals surface area contributed by atoms with Crippen molar-refractivity contribution in [1.29, 1.82) is 0 Å². The molecule has 4 nitrogen and oxygen atoms in total. The molecule has 5 heteroatoms. The lowest BCUT2D eigenvalue weighted by Crippen LogP contribution is -2.34. The number of rotatable bonds is 6. The van der Waals surface area contributed by atoms with Crippen molar-refractivity contribution in [3.63, 3.8) is 0 Å². The number of para-hydroxylation sites is 1. The zero-order chi connectivity index (χ0) is 18.4. The minimum Gasteiger partial charge on any atom is -0.496 e. The fourth-order valence-electron chi connectivity index (χ4n) is 3.68. The number of anilines is 1. The number of ether oxygens (including phenoxy) is 1. The number of carbonyl (C=O) groups excluding carboxylic acids is 1. The molecule has 2 aromatic carbocycles. The number of hydrogen-bond acceptors (Lipinski definition) is 3. The van der Waals surface area contributed by atoms with Gasteiger partial charge in [-0.25, -0.2) is 0 Å². The Hall–Kier alpha value is -2.04. The third kappa shape index (κ3) is 5.72.